The zero-order chi connectivity index (χ0) is 26.3. The molecular formula is C27H36FN7O2. The van der Waals surface area contributed by atoms with E-state index in [2.05, 4.69) is 25.6 Å². The molecule has 9 nitrogen and oxygen atoms in total. The SMILES string of the molecule is CN=Cc1c(N2CCC(NC3CC3)CC2)cc(F)c(C(=O)Nc2cc3cn(C)nc3c(C)c2OC)c1N.[HH]. The Morgan fingerprint density at radius 3 is 2.62 bits per heavy atom. The second-order valence-electron chi connectivity index (χ2n) is 9.95. The number of ether oxygens (including phenoxy) is 1. The quantitative estimate of drug-likeness (QED) is 0.329. The van der Waals surface area contributed by atoms with Crippen LogP contribution in [-0.2, 0) is 7.05 Å². The number of piperidine rings is 1. The van der Waals surface area contributed by atoms with E-state index in [1.54, 1.807) is 24.0 Å². The van der Waals surface area contributed by atoms with Crippen molar-refractivity contribution in [2.45, 2.75) is 44.7 Å². The van der Waals surface area contributed by atoms with Crippen molar-refractivity contribution in [1.82, 2.24) is 15.1 Å². The number of hydrogen-bond donors (Lipinski definition) is 3. The van der Waals surface area contributed by atoms with Crippen LogP contribution in [0.1, 0.15) is 48.6 Å². The fourth-order valence-corrected chi connectivity index (χ4v) is 5.27. The molecule has 2 aliphatic rings. The Kier molecular flexibility index (Phi) is 6.76. The number of methoxy groups -OCH3 is 1. The number of nitrogens with zero attached hydrogens (tertiary/aromatic N) is 4. The van der Waals surface area contributed by atoms with Gasteiger partial charge in [-0.1, -0.05) is 0 Å². The van der Waals surface area contributed by atoms with E-state index < -0.39 is 11.7 Å². The van der Waals surface area contributed by atoms with Crippen LogP contribution in [0.25, 0.3) is 10.9 Å². The molecule has 0 unspecified atom stereocenters. The minimum Gasteiger partial charge on any atom is -0.494 e. The molecule has 2 heterocycles. The molecule has 5 rings (SSSR count). The second kappa shape index (κ2) is 10.0. The van der Waals surface area contributed by atoms with Gasteiger partial charge in [-0.3, -0.25) is 14.5 Å². The molecule has 3 aromatic rings. The largest absolute Gasteiger partial charge is 0.494 e. The molecule has 1 aromatic heterocycles. The molecule has 0 spiro atoms. The fraction of sp³-hybridized carbons (Fsp3) is 0.444. The van der Waals surface area contributed by atoms with Crippen LogP contribution in [0.15, 0.2) is 23.3 Å². The third kappa shape index (κ3) is 4.85. The molecule has 1 aliphatic heterocycles. The van der Waals surface area contributed by atoms with Crippen LogP contribution in [0.4, 0.5) is 21.5 Å². The van der Waals surface area contributed by atoms with Crippen LogP contribution in [0.3, 0.4) is 0 Å². The average molecular weight is 510 g/mol. The van der Waals surface area contributed by atoms with Crippen molar-refractivity contribution in [3.63, 3.8) is 0 Å². The Bertz CT molecular complexity index is 1380. The summed E-state index contributed by atoms with van der Waals surface area (Å²) in [4.78, 5) is 19.7. The van der Waals surface area contributed by atoms with E-state index in [9.17, 15) is 4.79 Å². The van der Waals surface area contributed by atoms with Gasteiger partial charge < -0.3 is 26.0 Å². The number of aryl methyl sites for hydroxylation is 2. The number of rotatable bonds is 7. The number of carbonyl (C=O) groups excluding carboxylic acids is 1. The van der Waals surface area contributed by atoms with Gasteiger partial charge in [0.1, 0.15) is 11.6 Å². The summed E-state index contributed by atoms with van der Waals surface area (Å²) in [5.41, 5.74) is 9.48. The maximum atomic E-state index is 15.5. The van der Waals surface area contributed by atoms with Gasteiger partial charge >= 0.3 is 0 Å². The normalized spacial score (nSPS) is 16.6. The second-order valence-corrected chi connectivity index (χ2v) is 9.95. The Hall–Kier alpha value is -3.66. The van der Waals surface area contributed by atoms with E-state index in [0.717, 1.165) is 42.4 Å². The summed E-state index contributed by atoms with van der Waals surface area (Å²) in [6.45, 7) is 3.43. The van der Waals surface area contributed by atoms with Gasteiger partial charge in [-0.25, -0.2) is 4.39 Å². The average Bonchev–Trinajstić information content (AvgIpc) is 3.60. The summed E-state index contributed by atoms with van der Waals surface area (Å²) in [6, 6.07) is 4.31. The predicted octanol–water partition coefficient (Wildman–Crippen LogP) is 3.88. The van der Waals surface area contributed by atoms with Crippen LogP contribution in [0.5, 0.6) is 5.75 Å². The lowest BCUT2D eigenvalue weighted by Gasteiger charge is -2.35. The number of anilines is 3. The van der Waals surface area contributed by atoms with Gasteiger partial charge in [0.05, 0.1) is 35.3 Å². The summed E-state index contributed by atoms with van der Waals surface area (Å²) >= 11 is 0. The number of nitrogens with one attached hydrogen (secondary N) is 2. The molecule has 2 aromatic carbocycles. The van der Waals surface area contributed by atoms with Crippen molar-refractivity contribution in [2.24, 2.45) is 12.0 Å². The highest BCUT2D eigenvalue weighted by atomic mass is 19.1. The first-order chi connectivity index (χ1) is 17.8. The summed E-state index contributed by atoms with van der Waals surface area (Å²) in [6.07, 6.45) is 7.90. The maximum absolute atomic E-state index is 15.5. The third-order valence-electron chi connectivity index (χ3n) is 7.26. The number of aromatic nitrogens is 2. The van der Waals surface area contributed by atoms with Crippen LogP contribution < -0.4 is 26.0 Å². The van der Waals surface area contributed by atoms with E-state index in [-0.39, 0.29) is 12.7 Å². The Morgan fingerprint density at radius 2 is 1.97 bits per heavy atom. The van der Waals surface area contributed by atoms with Gasteiger partial charge in [-0.2, -0.15) is 5.10 Å². The van der Waals surface area contributed by atoms with Gasteiger partial charge in [0.25, 0.3) is 5.91 Å². The van der Waals surface area contributed by atoms with E-state index in [1.165, 1.54) is 26.0 Å². The lowest BCUT2D eigenvalue weighted by Crippen LogP contribution is -2.43. The standard InChI is InChI=1S/C27H34FN7O2.H2/c1-15-25-16(14-34(3)33-25)11-21(26(15)37-4)32-27(36)23-20(28)12-22(19(13-30-2)24(23)29)35-9-7-18(8-10-35)31-17-5-6-17;/h11-14,17-18,31H,5-10,29H2,1-4H3,(H,32,36);1H. The number of benzene rings is 2. The molecule has 1 saturated heterocycles. The number of carbonyl (C=O) groups is 1. The molecular weight excluding hydrogens is 473 g/mol. The number of amides is 1. The number of aliphatic imine (C=N–C) groups is 1. The topological polar surface area (TPSA) is 110 Å². The van der Waals surface area contributed by atoms with Crippen molar-refractivity contribution >= 4 is 40.1 Å². The van der Waals surface area contributed by atoms with Crippen LogP contribution in [0.2, 0.25) is 0 Å². The van der Waals surface area contributed by atoms with Gasteiger partial charge in [0, 0.05) is 69.6 Å². The zero-order valence-electron chi connectivity index (χ0n) is 21.8. The van der Waals surface area contributed by atoms with Crippen LogP contribution >= 0.6 is 0 Å². The molecule has 198 valence electrons. The summed E-state index contributed by atoms with van der Waals surface area (Å²) in [7, 11) is 4.98. The summed E-state index contributed by atoms with van der Waals surface area (Å²) < 4.78 is 22.8. The summed E-state index contributed by atoms with van der Waals surface area (Å²) in [5.74, 6) is -0.858. The highest BCUT2D eigenvalue weighted by Gasteiger charge is 2.30. The number of nitrogens with two attached hydrogens (primary N) is 1. The Labute approximate surface area is 217 Å². The number of halogens is 1. The van der Waals surface area contributed by atoms with Crippen molar-refractivity contribution < 1.29 is 15.3 Å². The molecule has 37 heavy (non-hydrogen) atoms. The smallest absolute Gasteiger partial charge is 0.260 e. The lowest BCUT2D eigenvalue weighted by molar-refractivity contribution is 0.102. The third-order valence-corrected chi connectivity index (χ3v) is 7.26. The predicted molar refractivity (Wildman–Crippen MR) is 148 cm³/mol. The first-order valence-corrected chi connectivity index (χ1v) is 12.7. The minimum atomic E-state index is -0.672. The van der Waals surface area contributed by atoms with E-state index in [1.807, 2.05) is 20.2 Å². The van der Waals surface area contributed by atoms with Crippen molar-refractivity contribution in [3.05, 3.63) is 40.8 Å². The first kappa shape index (κ1) is 25.0. The molecule has 0 radical (unpaired) electrons. The number of nitrogen functional groups attached to an aromatic ring is 1. The highest BCUT2D eigenvalue weighted by Crippen LogP contribution is 2.37. The van der Waals surface area contributed by atoms with Crippen LogP contribution in [-0.4, -0.2) is 61.2 Å². The Balaban J connectivity index is 0.00000336. The van der Waals surface area contributed by atoms with Crippen molar-refractivity contribution in [2.75, 3.05) is 43.2 Å². The van der Waals surface area contributed by atoms with Crippen molar-refractivity contribution in [1.29, 1.82) is 0 Å². The van der Waals surface area contributed by atoms with E-state index >= 15 is 4.39 Å². The van der Waals surface area contributed by atoms with Gasteiger partial charge in [-0.15, -0.1) is 0 Å². The van der Waals surface area contributed by atoms with E-state index in [0.29, 0.717) is 34.8 Å². The molecule has 0 bridgehead atoms. The molecule has 0 atom stereocenters. The van der Waals surface area contributed by atoms with Gasteiger partial charge in [0.2, 0.25) is 0 Å². The molecule has 4 N–H and O–H groups in total. The Morgan fingerprint density at radius 1 is 1.27 bits per heavy atom. The maximum Gasteiger partial charge on any atom is 0.260 e. The molecule has 1 saturated carbocycles. The van der Waals surface area contributed by atoms with Gasteiger partial charge in [-0.05, 0) is 44.7 Å². The molecule has 10 heteroatoms. The minimum absolute atomic E-state index is 0. The zero-order valence-corrected chi connectivity index (χ0v) is 21.8. The summed E-state index contributed by atoms with van der Waals surface area (Å²) in [5, 5.41) is 11.8. The van der Waals surface area contributed by atoms with Crippen molar-refractivity contribution in [3.8, 4) is 5.75 Å². The van der Waals surface area contributed by atoms with Gasteiger partial charge in [0.15, 0.2) is 0 Å². The lowest BCUT2D eigenvalue weighted by atomic mass is 9.99. The highest BCUT2D eigenvalue weighted by molar-refractivity contribution is 6.13. The monoisotopic (exact) mass is 509 g/mol. The van der Waals surface area contributed by atoms with Crippen LogP contribution in [0, 0.1) is 12.7 Å². The number of hydrogen-bond acceptors (Lipinski definition) is 7. The first-order valence-electron chi connectivity index (χ1n) is 12.7. The number of fused-ring (bicyclic) bond motifs is 1. The fourth-order valence-electron chi connectivity index (χ4n) is 5.27. The van der Waals surface area contributed by atoms with E-state index in [4.69, 9.17) is 10.5 Å². The molecule has 2 fully saturated rings. The molecule has 1 aliphatic carbocycles. The molecule has 1 amide bonds.